The second-order valence-electron chi connectivity index (χ2n) is 36.8. The third kappa shape index (κ3) is 37.2. The minimum atomic E-state index is -0.929. The molecule has 5 fully saturated rings. The van der Waals surface area contributed by atoms with Crippen LogP contribution in [0.3, 0.4) is 0 Å². The minimum Gasteiger partial charge on any atom is -0.593 e. The van der Waals surface area contributed by atoms with E-state index < -0.39 is 59.0 Å². The number of carbonyl (C=O) groups excluding carboxylic acids is 8. The number of hydrogen-bond acceptors (Lipinski definition) is 22. The quantitative estimate of drug-likeness (QED) is 0.00404. The van der Waals surface area contributed by atoms with Crippen molar-refractivity contribution in [3.05, 3.63) is 279 Å². The molecule has 5 radical (unpaired) electrons. The van der Waals surface area contributed by atoms with Gasteiger partial charge >= 0.3 is 5.97 Å². The Bertz CT molecular complexity index is 5690. The van der Waals surface area contributed by atoms with Crippen LogP contribution in [0.2, 0.25) is 10.2 Å². The largest absolute Gasteiger partial charge is 0.593 e. The van der Waals surface area contributed by atoms with Crippen molar-refractivity contribution >= 4 is 164 Å². The van der Waals surface area contributed by atoms with E-state index in [4.69, 9.17) is 85.8 Å². The normalized spacial score (nSPS) is 23.2. The number of aromatic nitrogens is 2. The van der Waals surface area contributed by atoms with E-state index in [1.807, 2.05) is 109 Å². The summed E-state index contributed by atoms with van der Waals surface area (Å²) < 4.78 is 33.7. The van der Waals surface area contributed by atoms with Gasteiger partial charge in [0.05, 0.1) is 113 Å². The number of fused-ring (bicyclic) bond motifs is 3. The number of thiophene rings is 2. The smallest absolute Gasteiger partial charge is 0.303 e. The molecule has 16 rings (SSSR count). The molecule has 5 saturated carbocycles. The first-order valence-corrected chi connectivity index (χ1v) is 53.1. The summed E-state index contributed by atoms with van der Waals surface area (Å²) in [5.74, 6) is -3.56. The van der Waals surface area contributed by atoms with Crippen molar-refractivity contribution in [2.24, 2.45) is 59.2 Å². The van der Waals surface area contributed by atoms with Crippen molar-refractivity contribution < 1.29 is 250 Å². The molecule has 0 amide bonds. The SMILES string of the molecule is O=C1C(=O)[C@H](CCc2ccnc3c2CCCC3O)[C@@H](COCc2cc[c-]o2)C1=O.OC(Cc1ccccc1)c1ccc(CC[C@H]2C(Cl)C(Cl)C(O)[C@@H]2COCc2c[c-]ccc2)s1.[CH2-]CC/C=C\C[C@H]1C(O)C(Br)C(Cl)[C@@H]1CCc1cc(Cl)nc(COC(C)=O)c1.[CH2-]CCCCC[C@H]1C(=O)CC(=O)[C@@H]1CCc1cccc2scc(Cl)c12.[CH2-]CCCOC[C@H]1C(=O)CC(=O)[C@@H]1CCc1cccc2occc12.[Y].[Y].[Y].[Y].[Y]. The van der Waals surface area contributed by atoms with E-state index in [9.17, 15) is 58.8 Å². The summed E-state index contributed by atoms with van der Waals surface area (Å²) in [4.78, 5) is 107. The molecule has 0 spiro atoms. The average molecular weight is 2540 g/mol. The number of esters is 1. The fourth-order valence-corrected chi connectivity index (χ4v) is 24.5. The number of benzene rings is 4. The van der Waals surface area contributed by atoms with E-state index in [0.29, 0.717) is 80.8 Å². The zero-order valence-electron chi connectivity index (χ0n) is 81.4. The Morgan fingerprint density at radius 2 is 1.27 bits per heavy atom. The number of halogens is 6. The molecule has 6 aliphatic carbocycles. The molecule has 144 heavy (non-hydrogen) atoms. The van der Waals surface area contributed by atoms with Crippen LogP contribution in [-0.2, 0) is 286 Å². The molecule has 4 N–H and O–H groups in total. The Kier molecular flexibility index (Phi) is 59.7. The summed E-state index contributed by atoms with van der Waals surface area (Å²) >= 11 is 39.0. The van der Waals surface area contributed by atoms with Gasteiger partial charge in [-0.3, -0.25) is 43.3 Å². The maximum Gasteiger partial charge on any atom is 0.303 e. The Hall–Kier alpha value is -2.27. The van der Waals surface area contributed by atoms with Gasteiger partial charge in [0.2, 0.25) is 11.6 Å². The summed E-state index contributed by atoms with van der Waals surface area (Å²) in [6.45, 7) is 14.9. The molecular weight excluding hydrogens is 2420 g/mol. The maximum atomic E-state index is 12.4. The number of pyridine rings is 2. The predicted octanol–water partition coefficient (Wildman–Crippen LogP) is 22.8. The zero-order valence-corrected chi connectivity index (χ0v) is 103. The van der Waals surface area contributed by atoms with Gasteiger partial charge in [0.15, 0.2) is 0 Å². The van der Waals surface area contributed by atoms with Crippen molar-refractivity contribution in [3.63, 3.8) is 0 Å². The first-order valence-electron chi connectivity index (χ1n) is 48.4. The van der Waals surface area contributed by atoms with Gasteiger partial charge in [0, 0.05) is 263 Å². The third-order valence-corrected chi connectivity index (χ3v) is 33.4. The van der Waals surface area contributed by atoms with Crippen molar-refractivity contribution in [1.29, 1.82) is 0 Å². The van der Waals surface area contributed by atoms with Crippen LogP contribution in [0.25, 0.3) is 21.1 Å². The second kappa shape index (κ2) is 66.9. The number of hydrogen-bond donors (Lipinski definition) is 4. The first-order chi connectivity index (χ1) is 67.2. The maximum absolute atomic E-state index is 12.4. The third-order valence-electron chi connectivity index (χ3n) is 27.4. The standard InChI is InChI=1S/C27H29Cl2O3S.C22H22NO6.C21H27BrCl2NO3.C21H24ClO2S.C20H23O4.5Y/c28-25-21(22(27(31)26(25)29)17-32-16-19-9-5-2-6-10-19)13-11-20-12-14-24(33-20)23(30)15-18-7-3-1-4-8-18;24-18-5-1-4-15-13(8-9-23-19(15)18)6-7-16-17(21(26)22(27)20(16)25)12-28-11-14-3-2-10-29-14;1-3-4-5-6-7-17-16(20(24)19(22)21(17)27)9-8-14-10-15(12-28-13(2)26)25-18(23)11-14;1-2-3-4-5-8-15-16(19(24)12-18(15)23)11-10-14-7-6-9-20-21(14)17(22)13-25-20;1-2-3-10-23-13-17-16(18(21)12-19(17)22)8-7-14-5-4-6-20-15(14)9-11-24-20;;;;;/h1-5,7-10,12,14,21-23,25-27,30-31H,11,13,15-17H2;2-3,8-9,16-18,24H,1,4-7,11-12H2;5-6,10-11,16-17,19-21,27H,1,3-4,7-9,12H2,2H3;6-7,9,13,15-16H,1-5,8,10-12H2;4-6,9,11,16-17H,1-3,7-8,10,12-13H2;;;;;/q5*-1;;;;;/b;;6-5-;;;;;;;/t21-,22-,23?,25?,26?,27?;16-,17-,18?;16-,17-,19?,20?,21?;15-,16-;16-,17-;;;;;/m11111...../s1. The fourth-order valence-electron chi connectivity index (χ4n) is 19.9. The molecule has 4 aromatic carbocycles. The van der Waals surface area contributed by atoms with Crippen molar-refractivity contribution in [3.8, 4) is 0 Å². The van der Waals surface area contributed by atoms with Crippen LogP contribution in [-0.4, -0.2) is 136 Å². The minimum absolute atomic E-state index is 0. The van der Waals surface area contributed by atoms with E-state index in [2.05, 4.69) is 95.4 Å². The molecule has 8 unspecified atom stereocenters. The molecule has 33 heteroatoms. The van der Waals surface area contributed by atoms with Crippen LogP contribution in [0.1, 0.15) is 207 Å². The van der Waals surface area contributed by atoms with Crippen molar-refractivity contribution in [2.45, 2.75) is 239 Å². The number of rotatable bonds is 42. The molecule has 761 valence electrons. The fraction of sp³-hybridized carbons (Fsp3) is 0.468. The Morgan fingerprint density at radius 1 is 0.604 bits per heavy atom. The van der Waals surface area contributed by atoms with Gasteiger partial charge in [-0.2, -0.15) is 55.7 Å². The number of ether oxygens (including phenoxy) is 4. The summed E-state index contributed by atoms with van der Waals surface area (Å²) in [6, 6.07) is 47.9. The van der Waals surface area contributed by atoms with Gasteiger partial charge in [0.25, 0.3) is 5.78 Å². The summed E-state index contributed by atoms with van der Waals surface area (Å²) in [5.41, 5.74) is 9.75. The van der Waals surface area contributed by atoms with Gasteiger partial charge in [-0.25, -0.2) is 4.98 Å². The van der Waals surface area contributed by atoms with E-state index in [0.717, 1.165) is 182 Å². The van der Waals surface area contributed by atoms with E-state index in [1.165, 1.54) is 22.1 Å². The summed E-state index contributed by atoms with van der Waals surface area (Å²) in [6.07, 6.45) is 27.5. The number of alkyl halides is 4. The van der Waals surface area contributed by atoms with Gasteiger partial charge in [-0.15, -0.1) is 69.1 Å². The molecular formula is C111H125BrCl5N2O18S2Y5-5. The van der Waals surface area contributed by atoms with Gasteiger partial charge < -0.3 is 69.0 Å². The van der Waals surface area contributed by atoms with Crippen LogP contribution in [0.15, 0.2) is 178 Å². The molecule has 6 aromatic heterocycles. The van der Waals surface area contributed by atoms with Gasteiger partial charge in [0.1, 0.15) is 40.5 Å². The van der Waals surface area contributed by atoms with Crippen LogP contribution in [0, 0.1) is 92.3 Å². The average Bonchev–Trinajstić information content (AvgIpc) is 1.27. The first kappa shape index (κ1) is 129. The van der Waals surface area contributed by atoms with Gasteiger partial charge in [-0.05, 0) is 208 Å². The summed E-state index contributed by atoms with van der Waals surface area (Å²) in [7, 11) is 0. The zero-order chi connectivity index (χ0) is 99.0. The van der Waals surface area contributed by atoms with E-state index in [1.54, 1.807) is 47.3 Å². The number of ketones is 7. The number of nitrogens with zero attached hydrogens (tertiary/aromatic N) is 2. The number of aryl methyl sites for hydroxylation is 5. The Morgan fingerprint density at radius 3 is 1.99 bits per heavy atom. The van der Waals surface area contributed by atoms with Crippen LogP contribution < -0.4 is 0 Å². The van der Waals surface area contributed by atoms with Crippen molar-refractivity contribution in [1.82, 2.24) is 9.97 Å². The summed E-state index contributed by atoms with van der Waals surface area (Å²) in [5, 5.41) is 46.5. The number of aliphatic hydroxyl groups excluding tert-OH is 4. The molecule has 0 aliphatic heterocycles. The number of Topliss-reactive ketones (excluding diaryl/α,β-unsaturated/α-hetero) is 7. The van der Waals surface area contributed by atoms with Gasteiger partial charge in [-0.1, -0.05) is 138 Å². The Labute approximate surface area is 1010 Å². The Balaban J connectivity index is 0.000000243. The number of aliphatic hydroxyl groups is 4. The van der Waals surface area contributed by atoms with E-state index in [-0.39, 0.29) is 288 Å². The van der Waals surface area contributed by atoms with E-state index >= 15 is 0 Å². The number of furan rings is 2. The van der Waals surface area contributed by atoms with Crippen LogP contribution in [0.5, 0.6) is 0 Å². The molecule has 0 bridgehead atoms. The topological polar surface area (TPSA) is 306 Å². The van der Waals surface area contributed by atoms with Crippen molar-refractivity contribution in [2.75, 3.05) is 26.4 Å². The molecule has 6 heterocycles. The monoisotopic (exact) mass is 2540 g/mol. The predicted molar refractivity (Wildman–Crippen MR) is 548 cm³/mol. The second-order valence-corrected chi connectivity index (χ2v) is 42.2. The van der Waals surface area contributed by atoms with Crippen LogP contribution >= 0.6 is 96.6 Å². The molecule has 20 nitrogen and oxygen atoms in total. The van der Waals surface area contributed by atoms with Crippen LogP contribution in [0.4, 0.5) is 0 Å². The molecule has 18 atom stereocenters. The molecule has 6 aliphatic rings. The number of unbranched alkanes of at least 4 members (excludes halogenated alkanes) is 5. The molecule has 10 aromatic rings. The molecule has 0 saturated heterocycles. The number of carbonyl (C=O) groups is 8. The number of allylic oxidation sites excluding steroid dienone is 2.